The van der Waals surface area contributed by atoms with Crippen molar-refractivity contribution < 1.29 is 9.59 Å². The van der Waals surface area contributed by atoms with E-state index < -0.39 is 0 Å². The summed E-state index contributed by atoms with van der Waals surface area (Å²) in [5.74, 6) is -0.289. The SMILES string of the molecule is O=C(NCCCn1ccc2ccccc21)[C@@H]1CC(=O)N(Cc2ccccn2)C1. The van der Waals surface area contributed by atoms with Crippen molar-refractivity contribution in [2.45, 2.75) is 25.9 Å². The molecule has 1 aromatic carbocycles. The number of pyridine rings is 1. The Morgan fingerprint density at radius 3 is 2.86 bits per heavy atom. The van der Waals surface area contributed by atoms with Gasteiger partial charge in [0.25, 0.3) is 0 Å². The van der Waals surface area contributed by atoms with Crippen molar-refractivity contribution in [3.63, 3.8) is 0 Å². The lowest BCUT2D eigenvalue weighted by molar-refractivity contribution is -0.129. The highest BCUT2D eigenvalue weighted by Gasteiger charge is 2.34. The van der Waals surface area contributed by atoms with E-state index in [-0.39, 0.29) is 24.2 Å². The minimum absolute atomic E-state index is 0.0182. The van der Waals surface area contributed by atoms with Crippen molar-refractivity contribution >= 4 is 22.7 Å². The first-order valence-corrected chi connectivity index (χ1v) is 9.70. The summed E-state index contributed by atoms with van der Waals surface area (Å²) in [5, 5.41) is 4.22. The van der Waals surface area contributed by atoms with Gasteiger partial charge in [0.2, 0.25) is 11.8 Å². The lowest BCUT2D eigenvalue weighted by Gasteiger charge is -2.16. The van der Waals surface area contributed by atoms with Gasteiger partial charge in [-0.2, -0.15) is 0 Å². The topological polar surface area (TPSA) is 67.2 Å². The van der Waals surface area contributed by atoms with Crippen LogP contribution in [-0.2, 0) is 22.7 Å². The summed E-state index contributed by atoms with van der Waals surface area (Å²) in [5.41, 5.74) is 2.05. The summed E-state index contributed by atoms with van der Waals surface area (Å²) in [4.78, 5) is 30.6. The Kier molecular flexibility index (Phi) is 5.37. The molecule has 1 saturated heterocycles. The molecule has 6 heteroatoms. The second kappa shape index (κ2) is 8.25. The van der Waals surface area contributed by atoms with E-state index in [1.54, 1.807) is 11.1 Å². The van der Waals surface area contributed by atoms with E-state index in [1.165, 1.54) is 10.9 Å². The van der Waals surface area contributed by atoms with Gasteiger partial charge in [-0.3, -0.25) is 14.6 Å². The van der Waals surface area contributed by atoms with Gasteiger partial charge in [0.05, 0.1) is 18.2 Å². The molecule has 0 unspecified atom stereocenters. The van der Waals surface area contributed by atoms with Crippen molar-refractivity contribution in [2.24, 2.45) is 5.92 Å². The number of para-hydroxylation sites is 1. The number of rotatable bonds is 7. The highest BCUT2D eigenvalue weighted by atomic mass is 16.2. The molecule has 0 aliphatic carbocycles. The van der Waals surface area contributed by atoms with Crippen LogP contribution in [0.15, 0.2) is 60.9 Å². The molecule has 3 aromatic rings. The maximum absolute atomic E-state index is 12.5. The van der Waals surface area contributed by atoms with Crippen molar-refractivity contribution in [1.29, 1.82) is 0 Å². The molecule has 28 heavy (non-hydrogen) atoms. The number of carbonyl (C=O) groups excluding carboxylic acids is 2. The number of benzene rings is 1. The van der Waals surface area contributed by atoms with Gasteiger partial charge in [-0.15, -0.1) is 0 Å². The third kappa shape index (κ3) is 4.06. The molecule has 6 nitrogen and oxygen atoms in total. The van der Waals surface area contributed by atoms with Crippen LogP contribution in [0.1, 0.15) is 18.5 Å². The standard InChI is InChI=1S/C22H24N4O2/c27-21-14-18(15-26(21)16-19-7-3-4-10-23-19)22(28)24-11-5-12-25-13-9-17-6-1-2-8-20(17)25/h1-4,6-10,13,18H,5,11-12,14-16H2,(H,24,28)/t18-/m1/s1. The molecule has 2 aromatic heterocycles. The smallest absolute Gasteiger partial charge is 0.225 e. The Balaban J connectivity index is 1.23. The van der Waals surface area contributed by atoms with Crippen LogP contribution in [0.4, 0.5) is 0 Å². The largest absolute Gasteiger partial charge is 0.356 e. The van der Waals surface area contributed by atoms with Gasteiger partial charge in [-0.25, -0.2) is 0 Å². The molecular weight excluding hydrogens is 352 g/mol. The number of hydrogen-bond acceptors (Lipinski definition) is 3. The van der Waals surface area contributed by atoms with Crippen LogP contribution < -0.4 is 5.32 Å². The molecule has 1 aliphatic heterocycles. The highest BCUT2D eigenvalue weighted by molar-refractivity contribution is 5.89. The van der Waals surface area contributed by atoms with Gasteiger partial charge in [-0.05, 0) is 36.1 Å². The molecule has 1 atom stereocenters. The first kappa shape index (κ1) is 18.2. The van der Waals surface area contributed by atoms with Crippen molar-refractivity contribution in [3.05, 3.63) is 66.6 Å². The van der Waals surface area contributed by atoms with E-state index in [1.807, 2.05) is 30.3 Å². The van der Waals surface area contributed by atoms with Crippen molar-refractivity contribution in [2.75, 3.05) is 13.1 Å². The molecule has 144 valence electrons. The minimum atomic E-state index is -0.274. The first-order valence-electron chi connectivity index (χ1n) is 9.70. The van der Waals surface area contributed by atoms with Gasteiger partial charge in [-0.1, -0.05) is 24.3 Å². The van der Waals surface area contributed by atoms with E-state index >= 15 is 0 Å². The Morgan fingerprint density at radius 2 is 2.00 bits per heavy atom. The molecule has 0 spiro atoms. The van der Waals surface area contributed by atoms with E-state index in [4.69, 9.17) is 0 Å². The number of fused-ring (bicyclic) bond motifs is 1. The predicted octanol–water partition coefficient (Wildman–Crippen LogP) is 2.59. The maximum Gasteiger partial charge on any atom is 0.225 e. The summed E-state index contributed by atoms with van der Waals surface area (Å²) >= 11 is 0. The normalized spacial score (nSPS) is 16.6. The molecule has 0 radical (unpaired) electrons. The molecular formula is C22H24N4O2. The molecule has 3 heterocycles. The summed E-state index contributed by atoms with van der Waals surface area (Å²) in [7, 11) is 0. The van der Waals surface area contributed by atoms with Crippen molar-refractivity contribution in [1.82, 2.24) is 19.8 Å². The zero-order chi connectivity index (χ0) is 19.3. The zero-order valence-electron chi connectivity index (χ0n) is 15.8. The van der Waals surface area contributed by atoms with Crippen LogP contribution in [0.25, 0.3) is 10.9 Å². The van der Waals surface area contributed by atoms with Crippen LogP contribution in [0.3, 0.4) is 0 Å². The van der Waals surface area contributed by atoms with Crippen LogP contribution in [0.2, 0.25) is 0 Å². The Morgan fingerprint density at radius 1 is 1.14 bits per heavy atom. The predicted molar refractivity (Wildman–Crippen MR) is 107 cm³/mol. The first-order chi connectivity index (χ1) is 13.7. The summed E-state index contributed by atoms with van der Waals surface area (Å²) in [6, 6.07) is 16.0. The molecule has 1 N–H and O–H groups in total. The lowest BCUT2D eigenvalue weighted by atomic mass is 10.1. The molecule has 0 bridgehead atoms. The lowest BCUT2D eigenvalue weighted by Crippen LogP contribution is -2.33. The van der Waals surface area contributed by atoms with Gasteiger partial charge < -0.3 is 14.8 Å². The second-order valence-corrected chi connectivity index (χ2v) is 7.21. The highest BCUT2D eigenvalue weighted by Crippen LogP contribution is 2.20. The second-order valence-electron chi connectivity index (χ2n) is 7.21. The average molecular weight is 376 g/mol. The van der Waals surface area contributed by atoms with Gasteiger partial charge in [0.15, 0.2) is 0 Å². The minimum Gasteiger partial charge on any atom is -0.356 e. The van der Waals surface area contributed by atoms with Crippen LogP contribution >= 0.6 is 0 Å². The van der Waals surface area contributed by atoms with E-state index in [2.05, 4.69) is 39.3 Å². The van der Waals surface area contributed by atoms with Crippen LogP contribution in [-0.4, -0.2) is 39.4 Å². The number of amides is 2. The number of nitrogens with zero attached hydrogens (tertiary/aromatic N) is 3. The molecule has 4 rings (SSSR count). The summed E-state index contributed by atoms with van der Waals surface area (Å²) < 4.78 is 2.20. The number of nitrogens with one attached hydrogen (secondary N) is 1. The molecule has 1 fully saturated rings. The third-order valence-electron chi connectivity index (χ3n) is 5.22. The van der Waals surface area contributed by atoms with Gasteiger partial charge in [0.1, 0.15) is 0 Å². The fraction of sp³-hybridized carbons (Fsp3) is 0.318. The number of hydrogen-bond donors (Lipinski definition) is 1. The summed E-state index contributed by atoms with van der Waals surface area (Å²) in [6.07, 6.45) is 4.93. The molecule has 2 amide bonds. The van der Waals surface area contributed by atoms with Gasteiger partial charge >= 0.3 is 0 Å². The summed E-state index contributed by atoms with van der Waals surface area (Å²) in [6.45, 7) is 2.38. The zero-order valence-corrected chi connectivity index (χ0v) is 15.8. The number of aryl methyl sites for hydroxylation is 1. The maximum atomic E-state index is 12.5. The molecule has 1 aliphatic rings. The molecule has 0 saturated carbocycles. The Bertz CT molecular complexity index is 967. The van der Waals surface area contributed by atoms with Crippen LogP contribution in [0.5, 0.6) is 0 Å². The Labute approximate surface area is 164 Å². The number of likely N-dealkylation sites (tertiary alicyclic amines) is 1. The van der Waals surface area contributed by atoms with E-state index in [0.29, 0.717) is 19.6 Å². The van der Waals surface area contributed by atoms with Crippen LogP contribution in [0, 0.1) is 5.92 Å². The number of carbonyl (C=O) groups is 2. The third-order valence-corrected chi connectivity index (χ3v) is 5.22. The van der Waals surface area contributed by atoms with Gasteiger partial charge in [0, 0.05) is 44.0 Å². The fourth-order valence-electron chi connectivity index (χ4n) is 3.73. The Hall–Kier alpha value is -3.15. The quantitative estimate of drug-likeness (QED) is 0.645. The van der Waals surface area contributed by atoms with E-state index in [0.717, 1.165) is 18.7 Å². The van der Waals surface area contributed by atoms with E-state index in [9.17, 15) is 9.59 Å². The monoisotopic (exact) mass is 376 g/mol. The average Bonchev–Trinajstić information content (AvgIpc) is 3.30. The fourth-order valence-corrected chi connectivity index (χ4v) is 3.73. The van der Waals surface area contributed by atoms with Crippen molar-refractivity contribution in [3.8, 4) is 0 Å². The number of aromatic nitrogens is 2.